The summed E-state index contributed by atoms with van der Waals surface area (Å²) >= 11 is 1.35. The summed E-state index contributed by atoms with van der Waals surface area (Å²) < 4.78 is 0. The van der Waals surface area contributed by atoms with Gasteiger partial charge in [0.15, 0.2) is 5.69 Å². The number of thiazole rings is 1. The van der Waals surface area contributed by atoms with Gasteiger partial charge in [-0.05, 0) is 18.9 Å². The number of hydrogen-bond acceptors (Lipinski definition) is 4. The Hall–Kier alpha value is -1.72. The zero-order chi connectivity index (χ0) is 13.1. The van der Waals surface area contributed by atoms with E-state index in [1.807, 2.05) is 30.3 Å². The average Bonchev–Trinajstić information content (AvgIpc) is 2.73. The molecular weight excluding hydrogens is 248 g/mol. The first-order valence-electron chi connectivity index (χ1n) is 5.58. The quantitative estimate of drug-likeness (QED) is 0.887. The number of aromatic carboxylic acids is 1. The fourth-order valence-electron chi connectivity index (χ4n) is 1.73. The summed E-state index contributed by atoms with van der Waals surface area (Å²) in [6.45, 7) is 1.75. The highest BCUT2D eigenvalue weighted by Crippen LogP contribution is 2.24. The summed E-state index contributed by atoms with van der Waals surface area (Å²) in [5.41, 5.74) is 7.29. The van der Waals surface area contributed by atoms with Crippen LogP contribution in [0.1, 0.15) is 32.0 Å². The number of carbonyl (C=O) groups is 1. The molecule has 5 heteroatoms. The monoisotopic (exact) mass is 262 g/mol. The van der Waals surface area contributed by atoms with Crippen LogP contribution >= 0.6 is 11.3 Å². The van der Waals surface area contributed by atoms with Crippen molar-refractivity contribution >= 4 is 17.3 Å². The standard InChI is InChI=1S/C13H14N2O2S/c1-8-11(13(16)17)15-12(18-8)10(14)7-9-5-3-2-4-6-9/h2-6,10H,7,14H2,1H3,(H,16,17)/t10-/m0/s1. The number of benzene rings is 1. The van der Waals surface area contributed by atoms with Crippen molar-refractivity contribution in [3.63, 3.8) is 0 Å². The minimum absolute atomic E-state index is 0.110. The predicted molar refractivity (Wildman–Crippen MR) is 70.9 cm³/mol. The van der Waals surface area contributed by atoms with Gasteiger partial charge in [-0.2, -0.15) is 0 Å². The molecule has 2 rings (SSSR count). The Morgan fingerprint density at radius 2 is 2.11 bits per heavy atom. The van der Waals surface area contributed by atoms with Crippen molar-refractivity contribution in [3.05, 3.63) is 51.5 Å². The van der Waals surface area contributed by atoms with Crippen LogP contribution in [0.25, 0.3) is 0 Å². The van der Waals surface area contributed by atoms with Crippen molar-refractivity contribution in [2.24, 2.45) is 5.73 Å². The van der Waals surface area contributed by atoms with E-state index in [-0.39, 0.29) is 11.7 Å². The molecular formula is C13H14N2O2S. The molecule has 0 saturated carbocycles. The Balaban J connectivity index is 2.17. The van der Waals surface area contributed by atoms with Crippen LogP contribution in [-0.4, -0.2) is 16.1 Å². The maximum Gasteiger partial charge on any atom is 0.355 e. The van der Waals surface area contributed by atoms with E-state index in [4.69, 9.17) is 10.8 Å². The van der Waals surface area contributed by atoms with E-state index in [9.17, 15) is 4.79 Å². The van der Waals surface area contributed by atoms with Crippen LogP contribution in [0, 0.1) is 6.92 Å². The first kappa shape index (κ1) is 12.7. The first-order chi connectivity index (χ1) is 8.58. The molecule has 1 atom stereocenters. The third-order valence-electron chi connectivity index (χ3n) is 2.63. The number of aryl methyl sites for hydroxylation is 1. The molecule has 0 spiro atoms. The van der Waals surface area contributed by atoms with Gasteiger partial charge < -0.3 is 10.8 Å². The fourth-order valence-corrected chi connectivity index (χ4v) is 2.64. The number of aromatic nitrogens is 1. The molecule has 0 aliphatic heterocycles. The van der Waals surface area contributed by atoms with E-state index in [1.54, 1.807) is 6.92 Å². The van der Waals surface area contributed by atoms with Gasteiger partial charge in [0, 0.05) is 4.88 Å². The normalized spacial score (nSPS) is 12.3. The molecule has 94 valence electrons. The Labute approximate surface area is 109 Å². The molecule has 0 fully saturated rings. The smallest absolute Gasteiger partial charge is 0.355 e. The number of rotatable bonds is 4. The van der Waals surface area contributed by atoms with E-state index in [1.165, 1.54) is 11.3 Å². The third-order valence-corrected chi connectivity index (χ3v) is 3.73. The Bertz CT molecular complexity index is 551. The highest BCUT2D eigenvalue weighted by molar-refractivity contribution is 7.11. The number of carboxylic acids is 1. The van der Waals surface area contributed by atoms with Crippen LogP contribution in [0.5, 0.6) is 0 Å². The van der Waals surface area contributed by atoms with Crippen LogP contribution in [0.2, 0.25) is 0 Å². The van der Waals surface area contributed by atoms with Gasteiger partial charge in [0.05, 0.1) is 6.04 Å². The third kappa shape index (κ3) is 2.75. The molecule has 0 radical (unpaired) electrons. The summed E-state index contributed by atoms with van der Waals surface area (Å²) in [7, 11) is 0. The largest absolute Gasteiger partial charge is 0.476 e. The van der Waals surface area contributed by atoms with Crippen LogP contribution in [0.3, 0.4) is 0 Å². The number of nitrogens with two attached hydrogens (primary N) is 1. The van der Waals surface area contributed by atoms with Gasteiger partial charge in [0.1, 0.15) is 5.01 Å². The number of hydrogen-bond donors (Lipinski definition) is 2. The Morgan fingerprint density at radius 1 is 1.44 bits per heavy atom. The van der Waals surface area contributed by atoms with Crippen molar-refractivity contribution < 1.29 is 9.90 Å². The van der Waals surface area contributed by atoms with Crippen LogP contribution in [-0.2, 0) is 6.42 Å². The van der Waals surface area contributed by atoms with E-state index < -0.39 is 5.97 Å². The molecule has 3 N–H and O–H groups in total. The summed E-state index contributed by atoms with van der Waals surface area (Å²) in [4.78, 5) is 15.7. The van der Waals surface area contributed by atoms with E-state index in [2.05, 4.69) is 4.98 Å². The molecule has 0 aliphatic rings. The maximum absolute atomic E-state index is 10.9. The molecule has 18 heavy (non-hydrogen) atoms. The molecule has 1 aromatic heterocycles. The molecule has 2 aromatic rings. The molecule has 4 nitrogen and oxygen atoms in total. The van der Waals surface area contributed by atoms with Crippen LogP contribution < -0.4 is 5.73 Å². The fraction of sp³-hybridized carbons (Fsp3) is 0.231. The maximum atomic E-state index is 10.9. The molecule has 1 aromatic carbocycles. The molecule has 0 amide bonds. The first-order valence-corrected chi connectivity index (χ1v) is 6.39. The molecule has 0 saturated heterocycles. The second kappa shape index (κ2) is 5.29. The lowest BCUT2D eigenvalue weighted by atomic mass is 10.1. The summed E-state index contributed by atoms with van der Waals surface area (Å²) in [6.07, 6.45) is 0.660. The Morgan fingerprint density at radius 3 is 2.67 bits per heavy atom. The van der Waals surface area contributed by atoms with Crippen molar-refractivity contribution in [2.75, 3.05) is 0 Å². The minimum atomic E-state index is -0.998. The van der Waals surface area contributed by atoms with Gasteiger partial charge >= 0.3 is 5.97 Å². The second-order valence-corrected chi connectivity index (χ2v) is 5.29. The van der Waals surface area contributed by atoms with Gasteiger partial charge in [-0.3, -0.25) is 0 Å². The van der Waals surface area contributed by atoms with E-state index >= 15 is 0 Å². The van der Waals surface area contributed by atoms with Gasteiger partial charge in [-0.15, -0.1) is 11.3 Å². The summed E-state index contributed by atoms with van der Waals surface area (Å²) in [5, 5.41) is 9.63. The average molecular weight is 262 g/mol. The highest BCUT2D eigenvalue weighted by atomic mass is 32.1. The number of carboxylic acid groups (broad SMARTS) is 1. The number of nitrogens with zero attached hydrogens (tertiary/aromatic N) is 1. The van der Waals surface area contributed by atoms with Crippen LogP contribution in [0.15, 0.2) is 30.3 Å². The van der Waals surface area contributed by atoms with Gasteiger partial charge in [0.2, 0.25) is 0 Å². The topological polar surface area (TPSA) is 76.2 Å². The van der Waals surface area contributed by atoms with Crippen molar-refractivity contribution in [2.45, 2.75) is 19.4 Å². The van der Waals surface area contributed by atoms with E-state index in [0.717, 1.165) is 5.56 Å². The predicted octanol–water partition coefficient (Wildman–Crippen LogP) is 2.39. The van der Waals surface area contributed by atoms with Gasteiger partial charge in [-0.1, -0.05) is 30.3 Å². The minimum Gasteiger partial charge on any atom is -0.476 e. The van der Waals surface area contributed by atoms with Crippen LogP contribution in [0.4, 0.5) is 0 Å². The SMILES string of the molecule is Cc1sc([C@@H](N)Cc2ccccc2)nc1C(=O)O. The zero-order valence-corrected chi connectivity index (χ0v) is 10.8. The van der Waals surface area contributed by atoms with Crippen molar-refractivity contribution in [1.82, 2.24) is 4.98 Å². The second-order valence-electron chi connectivity index (χ2n) is 4.06. The molecule has 0 aliphatic carbocycles. The molecule has 0 bridgehead atoms. The zero-order valence-electron chi connectivity index (χ0n) is 9.96. The molecule has 0 unspecified atom stereocenters. The van der Waals surface area contributed by atoms with Gasteiger partial charge in [0.25, 0.3) is 0 Å². The van der Waals surface area contributed by atoms with E-state index in [0.29, 0.717) is 16.3 Å². The lowest BCUT2D eigenvalue weighted by molar-refractivity contribution is 0.0690. The van der Waals surface area contributed by atoms with Crippen molar-refractivity contribution in [1.29, 1.82) is 0 Å². The molecule has 1 heterocycles. The highest BCUT2D eigenvalue weighted by Gasteiger charge is 2.18. The van der Waals surface area contributed by atoms with Crippen molar-refractivity contribution in [3.8, 4) is 0 Å². The van der Waals surface area contributed by atoms with Gasteiger partial charge in [-0.25, -0.2) is 9.78 Å². The lowest BCUT2D eigenvalue weighted by Crippen LogP contribution is -2.13. The summed E-state index contributed by atoms with van der Waals surface area (Å²) in [5.74, 6) is -0.998. The lowest BCUT2D eigenvalue weighted by Gasteiger charge is -2.07. The summed E-state index contributed by atoms with van der Waals surface area (Å²) in [6, 6.07) is 9.60. The Kier molecular flexibility index (Phi) is 3.74.